The van der Waals surface area contributed by atoms with Crippen LogP contribution in [0.1, 0.15) is 48.0 Å². The Bertz CT molecular complexity index is 869. The van der Waals surface area contributed by atoms with E-state index in [9.17, 15) is 9.59 Å². The molecule has 0 aromatic carbocycles. The number of piperidine rings is 1. The number of aromatic nitrogens is 1. The Morgan fingerprint density at radius 1 is 1.44 bits per heavy atom. The second-order valence-electron chi connectivity index (χ2n) is 7.25. The molecule has 1 aliphatic heterocycles. The highest BCUT2D eigenvalue weighted by Gasteiger charge is 2.36. The van der Waals surface area contributed by atoms with Crippen LogP contribution in [0.2, 0.25) is 0 Å². The van der Waals surface area contributed by atoms with E-state index in [-0.39, 0.29) is 17.2 Å². The third kappa shape index (κ3) is 3.89. The largest absolute Gasteiger partial charge is 0.397 e. The predicted molar refractivity (Wildman–Crippen MR) is 111 cm³/mol. The summed E-state index contributed by atoms with van der Waals surface area (Å²) in [5.41, 5.74) is 7.33. The third-order valence-electron chi connectivity index (χ3n) is 5.22. The summed E-state index contributed by atoms with van der Waals surface area (Å²) in [5.74, 6) is 0.463. The number of likely N-dealkylation sites (tertiary alicyclic amines) is 1. The highest BCUT2D eigenvalue weighted by molar-refractivity contribution is 7.21. The summed E-state index contributed by atoms with van der Waals surface area (Å²) in [4.78, 5) is 32.4. The summed E-state index contributed by atoms with van der Waals surface area (Å²) in [5, 5.41) is 3.42. The summed E-state index contributed by atoms with van der Waals surface area (Å²) < 4.78 is 0. The van der Waals surface area contributed by atoms with Crippen LogP contribution in [0.4, 0.5) is 5.69 Å². The maximum Gasteiger partial charge on any atom is 0.263 e. The molecule has 3 rings (SSSR count). The Hall–Kier alpha value is -1.86. The summed E-state index contributed by atoms with van der Waals surface area (Å²) in [6.07, 6.45) is 3.10. The lowest BCUT2D eigenvalue weighted by molar-refractivity contribution is -0.133. The lowest BCUT2D eigenvalue weighted by Gasteiger charge is -2.40. The number of pyridine rings is 1. The molecule has 27 heavy (non-hydrogen) atoms. The molecule has 3 heterocycles. The van der Waals surface area contributed by atoms with Gasteiger partial charge in [-0.25, -0.2) is 4.98 Å². The number of thiophene rings is 1. The van der Waals surface area contributed by atoms with Crippen molar-refractivity contribution in [3.63, 3.8) is 0 Å². The van der Waals surface area contributed by atoms with Crippen molar-refractivity contribution in [2.24, 2.45) is 0 Å². The quantitative estimate of drug-likeness (QED) is 0.744. The molecule has 0 bridgehead atoms. The maximum atomic E-state index is 12.4. The molecule has 1 fully saturated rings. The number of alkyl halides is 1. The SMILES string of the molecule is CNC(=O)c1sc2nc(C3(C)CCCN(C(=O)CCCCl)C3)ccc2c1N. The van der Waals surface area contributed by atoms with Gasteiger partial charge in [-0.1, -0.05) is 6.92 Å². The fourth-order valence-corrected chi connectivity index (χ4v) is 4.83. The molecule has 0 saturated carbocycles. The van der Waals surface area contributed by atoms with Crippen LogP contribution < -0.4 is 11.1 Å². The second kappa shape index (κ2) is 8.02. The van der Waals surface area contributed by atoms with Crippen molar-refractivity contribution in [2.45, 2.75) is 38.0 Å². The fraction of sp³-hybridized carbons (Fsp3) is 0.526. The molecule has 1 aliphatic rings. The van der Waals surface area contributed by atoms with Gasteiger partial charge >= 0.3 is 0 Å². The Kier molecular flexibility index (Phi) is 5.91. The molecule has 6 nitrogen and oxygen atoms in total. The van der Waals surface area contributed by atoms with Crippen molar-refractivity contribution in [2.75, 3.05) is 31.8 Å². The molecule has 0 aliphatic carbocycles. The number of hydrogen-bond donors (Lipinski definition) is 2. The van der Waals surface area contributed by atoms with E-state index < -0.39 is 0 Å². The van der Waals surface area contributed by atoms with Gasteiger partial charge in [-0.2, -0.15) is 0 Å². The first-order valence-electron chi connectivity index (χ1n) is 9.15. The lowest BCUT2D eigenvalue weighted by atomic mass is 9.78. The Morgan fingerprint density at radius 2 is 2.22 bits per heavy atom. The van der Waals surface area contributed by atoms with Gasteiger partial charge in [0.1, 0.15) is 9.71 Å². The Morgan fingerprint density at radius 3 is 2.93 bits per heavy atom. The lowest BCUT2D eigenvalue weighted by Crippen LogP contribution is -2.47. The van der Waals surface area contributed by atoms with Gasteiger partial charge in [0.2, 0.25) is 5.91 Å². The number of carbonyl (C=O) groups excluding carboxylic acids is 2. The van der Waals surface area contributed by atoms with Crippen molar-refractivity contribution in [3.8, 4) is 0 Å². The molecule has 2 aromatic rings. The number of nitrogens with two attached hydrogens (primary N) is 1. The first kappa shape index (κ1) is 19.9. The van der Waals surface area contributed by atoms with E-state index in [1.54, 1.807) is 7.05 Å². The van der Waals surface area contributed by atoms with Crippen LogP contribution in [-0.2, 0) is 10.2 Å². The van der Waals surface area contributed by atoms with E-state index in [0.29, 0.717) is 35.8 Å². The van der Waals surface area contributed by atoms with Crippen molar-refractivity contribution < 1.29 is 9.59 Å². The number of anilines is 1. The molecule has 1 atom stereocenters. The molecule has 8 heteroatoms. The molecule has 2 aromatic heterocycles. The molecule has 2 amide bonds. The Balaban J connectivity index is 1.89. The van der Waals surface area contributed by atoms with Gasteiger partial charge in [0, 0.05) is 48.9 Å². The van der Waals surface area contributed by atoms with Crippen LogP contribution in [0.25, 0.3) is 10.2 Å². The van der Waals surface area contributed by atoms with Gasteiger partial charge in [-0.15, -0.1) is 22.9 Å². The normalized spacial score (nSPS) is 20.0. The number of nitrogens with zero attached hydrogens (tertiary/aromatic N) is 2. The summed E-state index contributed by atoms with van der Waals surface area (Å²) in [7, 11) is 1.59. The van der Waals surface area contributed by atoms with Crippen LogP contribution in [0.3, 0.4) is 0 Å². The minimum Gasteiger partial charge on any atom is -0.397 e. The number of carbonyl (C=O) groups is 2. The Labute approximate surface area is 168 Å². The van der Waals surface area contributed by atoms with Crippen LogP contribution in [0.5, 0.6) is 0 Å². The standard InChI is InChI=1S/C19H25ClN4O2S/c1-19(8-4-10-24(11-19)14(25)5-3-9-20)13-7-6-12-15(21)16(17(26)22-2)27-18(12)23-13/h6-7H,3-5,8-11,21H2,1-2H3,(H,22,26). The summed E-state index contributed by atoms with van der Waals surface area (Å²) in [6, 6.07) is 3.92. The topological polar surface area (TPSA) is 88.3 Å². The van der Waals surface area contributed by atoms with Crippen LogP contribution in [0, 0.1) is 0 Å². The number of nitrogens with one attached hydrogen (secondary N) is 1. The number of hydrogen-bond acceptors (Lipinski definition) is 5. The van der Waals surface area contributed by atoms with E-state index in [4.69, 9.17) is 22.3 Å². The molecular weight excluding hydrogens is 384 g/mol. The number of halogens is 1. The molecule has 3 N–H and O–H groups in total. The van der Waals surface area contributed by atoms with Crippen molar-refractivity contribution >= 4 is 50.7 Å². The molecule has 146 valence electrons. The minimum absolute atomic E-state index is 0.157. The van der Waals surface area contributed by atoms with Crippen molar-refractivity contribution in [1.29, 1.82) is 0 Å². The van der Waals surface area contributed by atoms with Gasteiger partial charge in [0.05, 0.1) is 5.69 Å². The third-order valence-corrected chi connectivity index (χ3v) is 6.60. The second-order valence-corrected chi connectivity index (χ2v) is 8.62. The highest BCUT2D eigenvalue weighted by Crippen LogP contribution is 2.37. The smallest absolute Gasteiger partial charge is 0.263 e. The minimum atomic E-state index is -0.213. The number of rotatable bonds is 5. The van der Waals surface area contributed by atoms with Gasteiger partial charge in [0.15, 0.2) is 0 Å². The van der Waals surface area contributed by atoms with E-state index in [2.05, 4.69) is 12.2 Å². The molecule has 0 radical (unpaired) electrons. The van der Waals surface area contributed by atoms with Crippen LogP contribution in [0.15, 0.2) is 12.1 Å². The first-order chi connectivity index (χ1) is 12.9. The first-order valence-corrected chi connectivity index (χ1v) is 10.5. The van der Waals surface area contributed by atoms with Crippen molar-refractivity contribution in [3.05, 3.63) is 22.7 Å². The predicted octanol–water partition coefficient (Wildman–Crippen LogP) is 3.14. The maximum absolute atomic E-state index is 12.4. The van der Waals surface area contributed by atoms with Gasteiger partial charge in [-0.05, 0) is 31.4 Å². The van der Waals surface area contributed by atoms with Crippen molar-refractivity contribution in [1.82, 2.24) is 15.2 Å². The highest BCUT2D eigenvalue weighted by atomic mass is 35.5. The number of amides is 2. The number of nitrogen functional groups attached to an aromatic ring is 1. The summed E-state index contributed by atoms with van der Waals surface area (Å²) in [6.45, 7) is 3.58. The monoisotopic (exact) mass is 408 g/mol. The molecule has 0 spiro atoms. The van der Waals surface area contributed by atoms with Crippen LogP contribution >= 0.6 is 22.9 Å². The van der Waals surface area contributed by atoms with Gasteiger partial charge in [-0.3, -0.25) is 9.59 Å². The molecule has 1 unspecified atom stereocenters. The zero-order valence-corrected chi connectivity index (χ0v) is 17.3. The van der Waals surface area contributed by atoms with Gasteiger partial charge in [0.25, 0.3) is 5.91 Å². The molecular formula is C19H25ClN4O2S. The zero-order valence-electron chi connectivity index (χ0n) is 15.7. The van der Waals surface area contributed by atoms with E-state index in [1.807, 2.05) is 17.0 Å². The van der Waals surface area contributed by atoms with Gasteiger partial charge < -0.3 is 16.0 Å². The van der Waals surface area contributed by atoms with E-state index >= 15 is 0 Å². The van der Waals surface area contributed by atoms with Crippen LogP contribution in [-0.4, -0.2) is 47.7 Å². The molecule has 1 saturated heterocycles. The van der Waals surface area contributed by atoms with E-state index in [0.717, 1.165) is 35.3 Å². The zero-order chi connectivity index (χ0) is 19.6. The fourth-order valence-electron chi connectivity index (χ4n) is 3.65. The average molecular weight is 409 g/mol. The average Bonchev–Trinajstić information content (AvgIpc) is 3.01. The summed E-state index contributed by atoms with van der Waals surface area (Å²) >= 11 is 7.03. The number of fused-ring (bicyclic) bond motifs is 1. The van der Waals surface area contributed by atoms with E-state index in [1.165, 1.54) is 11.3 Å².